The summed E-state index contributed by atoms with van der Waals surface area (Å²) in [6, 6.07) is 14.1. The molecule has 0 aromatic heterocycles. The van der Waals surface area contributed by atoms with Crippen molar-refractivity contribution in [3.8, 4) is 6.07 Å². The highest BCUT2D eigenvalue weighted by molar-refractivity contribution is 5.95. The molecule has 0 radical (unpaired) electrons. The zero-order valence-electron chi connectivity index (χ0n) is 12.5. The molecule has 0 bridgehead atoms. The Kier molecular flexibility index (Phi) is 5.81. The lowest BCUT2D eigenvalue weighted by Gasteiger charge is -2.06. The Hall–Kier alpha value is -3.46. The van der Waals surface area contributed by atoms with Gasteiger partial charge in [-0.1, -0.05) is 24.3 Å². The predicted molar refractivity (Wildman–Crippen MR) is 86.2 cm³/mol. The lowest BCUT2D eigenvalue weighted by molar-refractivity contribution is -0.142. The average molecular weight is 324 g/mol. The van der Waals surface area contributed by atoms with Crippen LogP contribution in [0.3, 0.4) is 0 Å². The van der Waals surface area contributed by atoms with Gasteiger partial charge in [-0.25, -0.2) is 9.18 Å². The number of anilines is 1. The lowest BCUT2D eigenvalue weighted by Crippen LogP contribution is -2.20. The fourth-order valence-electron chi connectivity index (χ4n) is 1.84. The molecular formula is C18H13FN2O3. The highest BCUT2D eigenvalue weighted by Gasteiger charge is 2.08. The van der Waals surface area contributed by atoms with Crippen molar-refractivity contribution in [3.05, 3.63) is 71.6 Å². The van der Waals surface area contributed by atoms with E-state index in [-0.39, 0.29) is 0 Å². The summed E-state index contributed by atoms with van der Waals surface area (Å²) in [7, 11) is 0. The summed E-state index contributed by atoms with van der Waals surface area (Å²) in [5, 5.41) is 11.4. The normalized spacial score (nSPS) is 10.2. The van der Waals surface area contributed by atoms with E-state index in [0.717, 1.165) is 6.08 Å². The number of nitrogens with zero attached hydrogens (tertiary/aromatic N) is 1. The van der Waals surface area contributed by atoms with Crippen molar-refractivity contribution in [1.82, 2.24) is 0 Å². The van der Waals surface area contributed by atoms with Gasteiger partial charge in [-0.2, -0.15) is 5.26 Å². The standard InChI is InChI=1S/C18H13FN2O3/c19-15-6-3-4-13(10-15)8-9-18(23)24-12-17(22)21-16-7-2-1-5-14(16)11-20/h1-10H,12H2,(H,21,22)/b9-8+. The molecule has 2 aromatic carbocycles. The van der Waals surface area contributed by atoms with Gasteiger partial charge in [0.15, 0.2) is 6.61 Å². The Morgan fingerprint density at radius 3 is 2.75 bits per heavy atom. The molecule has 2 rings (SSSR count). The van der Waals surface area contributed by atoms with Gasteiger partial charge in [-0.05, 0) is 35.9 Å². The van der Waals surface area contributed by atoms with E-state index in [0.29, 0.717) is 16.8 Å². The van der Waals surface area contributed by atoms with E-state index in [1.807, 2.05) is 6.07 Å². The molecule has 1 amide bonds. The molecule has 0 heterocycles. The Morgan fingerprint density at radius 2 is 2.00 bits per heavy atom. The maximum atomic E-state index is 13.0. The van der Waals surface area contributed by atoms with Crippen molar-refractivity contribution in [2.45, 2.75) is 0 Å². The van der Waals surface area contributed by atoms with Gasteiger partial charge < -0.3 is 10.1 Å². The first-order valence-electron chi connectivity index (χ1n) is 6.98. The van der Waals surface area contributed by atoms with Crippen LogP contribution in [-0.2, 0) is 14.3 Å². The summed E-state index contributed by atoms with van der Waals surface area (Å²) >= 11 is 0. The number of hydrogen-bond acceptors (Lipinski definition) is 4. The van der Waals surface area contributed by atoms with Crippen LogP contribution in [0, 0.1) is 17.1 Å². The van der Waals surface area contributed by atoms with Crippen LogP contribution in [0.4, 0.5) is 10.1 Å². The van der Waals surface area contributed by atoms with Gasteiger partial charge in [0.05, 0.1) is 11.3 Å². The third-order valence-corrected chi connectivity index (χ3v) is 2.93. The van der Waals surface area contributed by atoms with E-state index in [4.69, 9.17) is 10.00 Å². The number of benzene rings is 2. The summed E-state index contributed by atoms with van der Waals surface area (Å²) < 4.78 is 17.8. The zero-order chi connectivity index (χ0) is 17.4. The molecule has 0 saturated heterocycles. The first-order chi connectivity index (χ1) is 11.6. The van der Waals surface area contributed by atoms with Gasteiger partial charge in [-0.15, -0.1) is 0 Å². The maximum Gasteiger partial charge on any atom is 0.331 e. The quantitative estimate of drug-likeness (QED) is 0.677. The van der Waals surface area contributed by atoms with Crippen molar-refractivity contribution in [1.29, 1.82) is 5.26 Å². The maximum absolute atomic E-state index is 13.0. The average Bonchev–Trinajstić information content (AvgIpc) is 2.58. The molecule has 6 heteroatoms. The summed E-state index contributed by atoms with van der Waals surface area (Å²) in [5.74, 6) is -1.71. The van der Waals surface area contributed by atoms with Crippen LogP contribution in [0.15, 0.2) is 54.6 Å². The molecule has 1 N–H and O–H groups in total. The van der Waals surface area contributed by atoms with Gasteiger partial charge in [0.25, 0.3) is 5.91 Å². The molecule has 24 heavy (non-hydrogen) atoms. The number of esters is 1. The van der Waals surface area contributed by atoms with Crippen LogP contribution in [0.2, 0.25) is 0 Å². The van der Waals surface area contributed by atoms with Crippen LogP contribution in [0.1, 0.15) is 11.1 Å². The highest BCUT2D eigenvalue weighted by Crippen LogP contribution is 2.13. The molecule has 0 atom stereocenters. The van der Waals surface area contributed by atoms with Crippen molar-refractivity contribution in [2.75, 3.05) is 11.9 Å². The number of ether oxygens (including phenoxy) is 1. The fourth-order valence-corrected chi connectivity index (χ4v) is 1.84. The van der Waals surface area contributed by atoms with Gasteiger partial charge in [-0.3, -0.25) is 4.79 Å². The Bertz CT molecular complexity index is 825. The lowest BCUT2D eigenvalue weighted by atomic mass is 10.2. The number of nitriles is 1. The van der Waals surface area contributed by atoms with Crippen LogP contribution in [0.5, 0.6) is 0 Å². The van der Waals surface area contributed by atoms with E-state index in [9.17, 15) is 14.0 Å². The molecule has 2 aromatic rings. The van der Waals surface area contributed by atoms with E-state index < -0.39 is 24.3 Å². The van der Waals surface area contributed by atoms with E-state index in [1.165, 1.54) is 24.3 Å². The molecule has 5 nitrogen and oxygen atoms in total. The number of carbonyl (C=O) groups is 2. The molecular weight excluding hydrogens is 311 g/mol. The molecule has 0 saturated carbocycles. The summed E-state index contributed by atoms with van der Waals surface area (Å²) in [5.41, 5.74) is 1.15. The van der Waals surface area contributed by atoms with E-state index >= 15 is 0 Å². The smallest absolute Gasteiger partial charge is 0.331 e. The monoisotopic (exact) mass is 324 g/mol. The molecule has 0 aliphatic rings. The van der Waals surface area contributed by atoms with E-state index in [1.54, 1.807) is 30.3 Å². The van der Waals surface area contributed by atoms with Crippen LogP contribution >= 0.6 is 0 Å². The number of nitrogens with one attached hydrogen (secondary N) is 1. The van der Waals surface area contributed by atoms with Crippen molar-refractivity contribution in [2.24, 2.45) is 0 Å². The number of amides is 1. The largest absolute Gasteiger partial charge is 0.452 e. The Labute approximate surface area is 138 Å². The summed E-state index contributed by atoms with van der Waals surface area (Å²) in [4.78, 5) is 23.3. The third kappa shape index (κ3) is 5.07. The topological polar surface area (TPSA) is 79.2 Å². The second kappa shape index (κ2) is 8.25. The fraction of sp³-hybridized carbons (Fsp3) is 0.0556. The number of carbonyl (C=O) groups excluding carboxylic acids is 2. The highest BCUT2D eigenvalue weighted by atomic mass is 19.1. The van der Waals surface area contributed by atoms with Crippen molar-refractivity contribution in [3.63, 3.8) is 0 Å². The minimum Gasteiger partial charge on any atom is -0.452 e. The zero-order valence-corrected chi connectivity index (χ0v) is 12.5. The number of hydrogen-bond donors (Lipinski definition) is 1. The van der Waals surface area contributed by atoms with Crippen LogP contribution in [0.25, 0.3) is 6.08 Å². The first kappa shape index (κ1) is 16.9. The minimum atomic E-state index is -0.733. The molecule has 0 aliphatic heterocycles. The van der Waals surface area contributed by atoms with Crippen LogP contribution in [-0.4, -0.2) is 18.5 Å². The second-order valence-corrected chi connectivity index (χ2v) is 4.70. The van der Waals surface area contributed by atoms with Crippen LogP contribution < -0.4 is 5.32 Å². The Balaban J connectivity index is 1.85. The molecule has 120 valence electrons. The van der Waals surface area contributed by atoms with Crippen molar-refractivity contribution >= 4 is 23.6 Å². The number of halogens is 1. The van der Waals surface area contributed by atoms with E-state index in [2.05, 4.69) is 5.32 Å². The number of rotatable bonds is 5. The molecule has 0 unspecified atom stereocenters. The second-order valence-electron chi connectivity index (χ2n) is 4.70. The predicted octanol–water partition coefficient (Wildman–Crippen LogP) is 2.89. The third-order valence-electron chi connectivity index (χ3n) is 2.93. The molecule has 0 fully saturated rings. The first-order valence-corrected chi connectivity index (χ1v) is 6.98. The summed E-state index contributed by atoms with van der Waals surface area (Å²) in [6.45, 7) is -0.494. The van der Waals surface area contributed by atoms with Gasteiger partial charge in [0.2, 0.25) is 0 Å². The SMILES string of the molecule is N#Cc1ccccc1NC(=O)COC(=O)/C=C/c1cccc(F)c1. The molecule has 0 aliphatic carbocycles. The van der Waals surface area contributed by atoms with Gasteiger partial charge in [0.1, 0.15) is 11.9 Å². The van der Waals surface area contributed by atoms with Gasteiger partial charge >= 0.3 is 5.97 Å². The van der Waals surface area contributed by atoms with Gasteiger partial charge in [0, 0.05) is 6.08 Å². The number of para-hydroxylation sites is 1. The summed E-state index contributed by atoms with van der Waals surface area (Å²) in [6.07, 6.45) is 2.49. The van der Waals surface area contributed by atoms with Crippen molar-refractivity contribution < 1.29 is 18.7 Å². The molecule has 0 spiro atoms. The minimum absolute atomic E-state index is 0.308. The Morgan fingerprint density at radius 1 is 1.21 bits per heavy atom.